The molecule has 0 spiro atoms. The maximum atomic E-state index is 14.3. The van der Waals surface area contributed by atoms with Crippen LogP contribution in [0.25, 0.3) is 16.6 Å². The number of aromatic nitrogens is 4. The summed E-state index contributed by atoms with van der Waals surface area (Å²) < 4.78 is 16.5. The molecule has 6 rings (SSSR count). The third-order valence-electron chi connectivity index (χ3n) is 7.50. The van der Waals surface area contributed by atoms with Crippen LogP contribution in [-0.2, 0) is 6.54 Å². The van der Waals surface area contributed by atoms with Crippen LogP contribution in [0.2, 0.25) is 5.02 Å². The first-order valence-corrected chi connectivity index (χ1v) is 13.1. The molecule has 3 heterocycles. The molecule has 1 saturated heterocycles. The molecular weight excluding hydrogens is 463 g/mol. The van der Waals surface area contributed by atoms with Crippen molar-refractivity contribution in [2.75, 3.05) is 31.1 Å². The highest BCUT2D eigenvalue weighted by atomic mass is 35.5. The average Bonchev–Trinajstić information content (AvgIpc) is 3.19. The highest BCUT2D eigenvalue weighted by Gasteiger charge is 2.27. The van der Waals surface area contributed by atoms with Crippen LogP contribution in [0.15, 0.2) is 42.5 Å². The lowest BCUT2D eigenvalue weighted by molar-refractivity contribution is 0.281. The highest BCUT2D eigenvalue weighted by molar-refractivity contribution is 6.31. The first-order valence-electron chi connectivity index (χ1n) is 12.7. The first kappa shape index (κ1) is 22.7. The maximum Gasteiger partial charge on any atom is 0.213 e. The molecule has 35 heavy (non-hydrogen) atoms. The Morgan fingerprint density at radius 2 is 1.77 bits per heavy atom. The summed E-state index contributed by atoms with van der Waals surface area (Å²) in [4.78, 5) is 9.81. The van der Waals surface area contributed by atoms with Gasteiger partial charge in [-0.3, -0.25) is 4.90 Å². The zero-order valence-corrected chi connectivity index (χ0v) is 20.6. The fraction of sp³-hybridized carbons (Fsp3) is 0.444. The van der Waals surface area contributed by atoms with Crippen LogP contribution in [0.3, 0.4) is 0 Å². The lowest BCUT2D eigenvalue weighted by atomic mass is 9.89. The molecule has 0 N–H and O–H groups in total. The van der Waals surface area contributed by atoms with Crippen LogP contribution in [0, 0.1) is 5.82 Å². The van der Waals surface area contributed by atoms with E-state index in [2.05, 4.69) is 19.3 Å². The molecule has 8 heteroatoms. The largest absolute Gasteiger partial charge is 0.341 e. The third kappa shape index (κ3) is 4.47. The molecule has 1 aliphatic carbocycles. The third-order valence-corrected chi connectivity index (χ3v) is 7.74. The van der Waals surface area contributed by atoms with Crippen molar-refractivity contribution in [2.45, 2.75) is 51.0 Å². The summed E-state index contributed by atoms with van der Waals surface area (Å²) in [5.74, 6) is 2.21. The predicted octanol–water partition coefficient (Wildman–Crippen LogP) is 5.83. The standard InChI is InChI=1S/C27H30ClFN6/c28-21-11-12-22-24(17-21)30-27(35-25(31-32-26(22)35)19-7-2-1-3-8-19)34-14-6-13-33(15-16-34)18-20-9-4-5-10-23(20)29/h4-5,9-12,17,19H,1-3,6-8,13-16,18H2. The van der Waals surface area contributed by atoms with E-state index >= 15 is 0 Å². The summed E-state index contributed by atoms with van der Waals surface area (Å²) in [7, 11) is 0. The smallest absolute Gasteiger partial charge is 0.213 e. The van der Waals surface area contributed by atoms with Crippen molar-refractivity contribution < 1.29 is 4.39 Å². The van der Waals surface area contributed by atoms with E-state index in [4.69, 9.17) is 21.7 Å². The molecule has 0 amide bonds. The summed E-state index contributed by atoms with van der Waals surface area (Å²) in [6, 6.07) is 12.9. The zero-order valence-electron chi connectivity index (χ0n) is 19.8. The van der Waals surface area contributed by atoms with Gasteiger partial charge in [0.05, 0.1) is 5.52 Å². The van der Waals surface area contributed by atoms with Crippen molar-refractivity contribution in [1.29, 1.82) is 0 Å². The number of hydrogen-bond donors (Lipinski definition) is 0. The molecule has 0 atom stereocenters. The Bertz CT molecular complexity index is 1350. The van der Waals surface area contributed by atoms with Gasteiger partial charge in [-0.1, -0.05) is 49.1 Å². The van der Waals surface area contributed by atoms with Gasteiger partial charge < -0.3 is 4.90 Å². The summed E-state index contributed by atoms with van der Waals surface area (Å²) in [5, 5.41) is 11.0. The van der Waals surface area contributed by atoms with E-state index in [-0.39, 0.29) is 5.82 Å². The number of nitrogens with zero attached hydrogens (tertiary/aromatic N) is 6. The van der Waals surface area contributed by atoms with E-state index in [0.717, 1.165) is 79.3 Å². The average molecular weight is 493 g/mol. The van der Waals surface area contributed by atoms with Gasteiger partial charge in [0.25, 0.3) is 0 Å². The number of rotatable bonds is 4. The van der Waals surface area contributed by atoms with Gasteiger partial charge in [-0.25, -0.2) is 13.8 Å². The van der Waals surface area contributed by atoms with Gasteiger partial charge in [0, 0.05) is 54.6 Å². The Labute approximate surface area is 209 Å². The van der Waals surface area contributed by atoms with Crippen molar-refractivity contribution >= 4 is 34.1 Å². The van der Waals surface area contributed by atoms with Gasteiger partial charge in [-0.2, -0.15) is 0 Å². The first-order chi connectivity index (χ1) is 17.2. The van der Waals surface area contributed by atoms with Gasteiger partial charge >= 0.3 is 0 Å². The lowest BCUT2D eigenvalue weighted by Gasteiger charge is -2.26. The quantitative estimate of drug-likeness (QED) is 0.358. The van der Waals surface area contributed by atoms with E-state index < -0.39 is 0 Å². The van der Waals surface area contributed by atoms with Crippen LogP contribution < -0.4 is 4.90 Å². The second kappa shape index (κ2) is 9.70. The molecule has 2 fully saturated rings. The number of fused-ring (bicyclic) bond motifs is 3. The second-order valence-electron chi connectivity index (χ2n) is 9.83. The van der Waals surface area contributed by atoms with Crippen LogP contribution in [0.1, 0.15) is 55.8 Å². The molecule has 0 unspecified atom stereocenters. The summed E-state index contributed by atoms with van der Waals surface area (Å²) in [6.45, 7) is 4.07. The minimum absolute atomic E-state index is 0.134. The Hall–Kier alpha value is -2.77. The fourth-order valence-corrected chi connectivity index (χ4v) is 5.81. The van der Waals surface area contributed by atoms with Crippen LogP contribution in [-0.4, -0.2) is 50.7 Å². The van der Waals surface area contributed by atoms with E-state index in [9.17, 15) is 4.39 Å². The van der Waals surface area contributed by atoms with Gasteiger partial charge in [-0.15, -0.1) is 10.2 Å². The normalized spacial score (nSPS) is 18.4. The molecule has 2 aromatic heterocycles. The Kier molecular flexibility index (Phi) is 6.29. The molecule has 6 nitrogen and oxygen atoms in total. The number of anilines is 1. The fourth-order valence-electron chi connectivity index (χ4n) is 5.65. The molecule has 0 bridgehead atoms. The van der Waals surface area contributed by atoms with Crippen LogP contribution in [0.4, 0.5) is 10.3 Å². The summed E-state index contributed by atoms with van der Waals surface area (Å²) >= 11 is 6.34. The van der Waals surface area contributed by atoms with Crippen molar-refractivity contribution in [2.24, 2.45) is 0 Å². The maximum absolute atomic E-state index is 14.3. The Morgan fingerprint density at radius 1 is 0.914 bits per heavy atom. The molecule has 182 valence electrons. The molecule has 0 radical (unpaired) electrons. The molecule has 2 aromatic carbocycles. The van der Waals surface area contributed by atoms with Gasteiger partial charge in [0.2, 0.25) is 5.95 Å². The topological polar surface area (TPSA) is 49.6 Å². The van der Waals surface area contributed by atoms with E-state index in [1.165, 1.54) is 19.3 Å². The summed E-state index contributed by atoms with van der Waals surface area (Å²) in [5.41, 5.74) is 2.45. The molecule has 4 aromatic rings. The second-order valence-corrected chi connectivity index (χ2v) is 10.3. The van der Waals surface area contributed by atoms with Crippen LogP contribution >= 0.6 is 11.6 Å². The van der Waals surface area contributed by atoms with Crippen molar-refractivity contribution in [1.82, 2.24) is 24.5 Å². The highest BCUT2D eigenvalue weighted by Crippen LogP contribution is 2.35. The minimum Gasteiger partial charge on any atom is -0.341 e. The van der Waals surface area contributed by atoms with Crippen molar-refractivity contribution in [3.63, 3.8) is 0 Å². The molecular formula is C27H30ClFN6. The Balaban J connectivity index is 1.36. The van der Waals surface area contributed by atoms with Crippen molar-refractivity contribution in [3.05, 3.63) is 64.7 Å². The number of hydrogen-bond acceptors (Lipinski definition) is 5. The molecule has 2 aliphatic rings. The van der Waals surface area contributed by atoms with Gasteiger partial charge in [-0.05, 0) is 43.5 Å². The number of halogens is 2. The Morgan fingerprint density at radius 3 is 2.63 bits per heavy atom. The van der Waals surface area contributed by atoms with E-state index in [1.54, 1.807) is 12.1 Å². The van der Waals surface area contributed by atoms with Gasteiger partial charge in [0.15, 0.2) is 5.65 Å². The zero-order chi connectivity index (χ0) is 23.8. The SMILES string of the molecule is Fc1ccccc1CN1CCCN(c2nc3cc(Cl)ccc3c3nnc(C4CCCCC4)n23)CC1. The lowest BCUT2D eigenvalue weighted by Crippen LogP contribution is -2.32. The van der Waals surface area contributed by atoms with Crippen molar-refractivity contribution in [3.8, 4) is 0 Å². The predicted molar refractivity (Wildman–Crippen MR) is 138 cm³/mol. The molecule has 1 saturated carbocycles. The van der Waals surface area contributed by atoms with Crippen LogP contribution in [0.5, 0.6) is 0 Å². The van der Waals surface area contributed by atoms with E-state index in [1.807, 2.05) is 30.3 Å². The molecule has 1 aliphatic heterocycles. The minimum atomic E-state index is -0.134. The monoisotopic (exact) mass is 492 g/mol. The summed E-state index contributed by atoms with van der Waals surface area (Å²) in [6.07, 6.45) is 7.04. The van der Waals surface area contributed by atoms with Gasteiger partial charge in [0.1, 0.15) is 11.6 Å². The number of benzene rings is 2. The van der Waals surface area contributed by atoms with E-state index in [0.29, 0.717) is 17.5 Å².